The largest absolute Gasteiger partial charge is 0.492 e. The van der Waals surface area contributed by atoms with E-state index >= 15 is 0 Å². The van der Waals surface area contributed by atoms with E-state index in [9.17, 15) is 0 Å². The normalized spacial score (nSPS) is 14.6. The number of nitrogens with two attached hydrogens (primary N) is 1. The number of anilines is 2. The molecule has 2 rings (SSSR count). The minimum atomic E-state index is 0.648. The Morgan fingerprint density at radius 1 is 1.41 bits per heavy atom. The van der Waals surface area contributed by atoms with E-state index in [1.165, 1.54) is 25.7 Å². The molecule has 0 atom stereocenters. The van der Waals surface area contributed by atoms with Crippen LogP contribution in [0.3, 0.4) is 0 Å². The fraction of sp³-hybridized carbons (Fsp3) is 0.571. The highest BCUT2D eigenvalue weighted by atomic mass is 16.5. The number of benzene rings is 1. The lowest BCUT2D eigenvalue weighted by Gasteiger charge is -2.11. The topological polar surface area (TPSA) is 47.3 Å². The Kier molecular flexibility index (Phi) is 4.13. The molecule has 1 aromatic rings. The molecule has 3 nitrogen and oxygen atoms in total. The maximum atomic E-state index is 5.83. The van der Waals surface area contributed by atoms with Crippen molar-refractivity contribution in [2.45, 2.75) is 32.6 Å². The van der Waals surface area contributed by atoms with Crippen molar-refractivity contribution >= 4 is 11.4 Å². The monoisotopic (exact) mass is 234 g/mol. The number of ether oxygens (including phenoxy) is 1. The van der Waals surface area contributed by atoms with Crippen LogP contribution >= 0.6 is 0 Å². The van der Waals surface area contributed by atoms with E-state index in [0.29, 0.717) is 12.3 Å². The van der Waals surface area contributed by atoms with Crippen molar-refractivity contribution in [3.05, 3.63) is 18.2 Å². The Bertz CT molecular complexity index is 361. The zero-order valence-corrected chi connectivity index (χ0v) is 10.5. The molecule has 0 aromatic heterocycles. The van der Waals surface area contributed by atoms with Crippen LogP contribution in [0.4, 0.5) is 11.4 Å². The molecule has 0 spiro atoms. The van der Waals surface area contributed by atoms with Crippen LogP contribution in [0.15, 0.2) is 18.2 Å². The quantitative estimate of drug-likeness (QED) is 0.562. The third-order valence-corrected chi connectivity index (χ3v) is 3.13. The van der Waals surface area contributed by atoms with Gasteiger partial charge in [-0.25, -0.2) is 0 Å². The van der Waals surface area contributed by atoms with E-state index in [1.54, 1.807) is 0 Å². The molecule has 0 amide bonds. The Hall–Kier alpha value is -1.38. The maximum absolute atomic E-state index is 5.83. The van der Waals surface area contributed by atoms with Gasteiger partial charge < -0.3 is 15.8 Å². The van der Waals surface area contributed by atoms with Crippen LogP contribution in [0.1, 0.15) is 32.6 Å². The number of nitrogen functional groups attached to an aromatic ring is 1. The van der Waals surface area contributed by atoms with Gasteiger partial charge in [0.15, 0.2) is 0 Å². The lowest BCUT2D eigenvalue weighted by atomic mass is 10.2. The fourth-order valence-corrected chi connectivity index (χ4v) is 1.95. The summed E-state index contributed by atoms with van der Waals surface area (Å²) in [6, 6.07) is 5.89. The third kappa shape index (κ3) is 3.84. The first-order valence-electron chi connectivity index (χ1n) is 6.55. The van der Waals surface area contributed by atoms with Crippen LogP contribution in [0, 0.1) is 5.92 Å². The van der Waals surface area contributed by atoms with Crippen molar-refractivity contribution in [2.75, 3.05) is 24.2 Å². The fourth-order valence-electron chi connectivity index (χ4n) is 1.95. The number of hydrogen-bond acceptors (Lipinski definition) is 3. The van der Waals surface area contributed by atoms with Crippen molar-refractivity contribution in [3.63, 3.8) is 0 Å². The molecule has 3 N–H and O–H groups in total. The summed E-state index contributed by atoms with van der Waals surface area (Å²) < 4.78 is 5.47. The SMILES string of the molecule is CCOc1cc(NCCCC2CC2)ccc1N. The van der Waals surface area contributed by atoms with Gasteiger partial charge in [0.1, 0.15) is 5.75 Å². The first-order valence-corrected chi connectivity index (χ1v) is 6.55. The van der Waals surface area contributed by atoms with E-state index in [1.807, 2.05) is 25.1 Å². The summed E-state index contributed by atoms with van der Waals surface area (Å²) in [4.78, 5) is 0. The smallest absolute Gasteiger partial charge is 0.144 e. The van der Waals surface area contributed by atoms with Crippen molar-refractivity contribution in [3.8, 4) is 5.75 Å². The van der Waals surface area contributed by atoms with Gasteiger partial charge in [-0.1, -0.05) is 12.8 Å². The molecule has 1 fully saturated rings. The van der Waals surface area contributed by atoms with Gasteiger partial charge in [0.05, 0.1) is 12.3 Å². The van der Waals surface area contributed by atoms with Gasteiger partial charge in [0.2, 0.25) is 0 Å². The van der Waals surface area contributed by atoms with Gasteiger partial charge >= 0.3 is 0 Å². The van der Waals surface area contributed by atoms with Crippen LogP contribution in [-0.2, 0) is 0 Å². The van der Waals surface area contributed by atoms with Crippen molar-refractivity contribution in [1.29, 1.82) is 0 Å². The molecule has 3 heteroatoms. The summed E-state index contributed by atoms with van der Waals surface area (Å²) in [6.45, 7) is 3.65. The Morgan fingerprint density at radius 3 is 2.94 bits per heavy atom. The standard InChI is InChI=1S/C14H22N2O/c1-2-17-14-10-12(7-8-13(14)15)16-9-3-4-11-5-6-11/h7-8,10-11,16H,2-6,9,15H2,1H3. The maximum Gasteiger partial charge on any atom is 0.144 e. The second-order valence-electron chi connectivity index (χ2n) is 4.70. The zero-order valence-electron chi connectivity index (χ0n) is 10.5. The molecule has 1 aliphatic rings. The molecule has 94 valence electrons. The average Bonchev–Trinajstić information content (AvgIpc) is 3.13. The molecule has 0 radical (unpaired) electrons. The van der Waals surface area contributed by atoms with Crippen LogP contribution in [0.2, 0.25) is 0 Å². The second-order valence-corrected chi connectivity index (χ2v) is 4.70. The molecule has 0 aliphatic heterocycles. The van der Waals surface area contributed by atoms with Crippen molar-refractivity contribution in [1.82, 2.24) is 0 Å². The second kappa shape index (κ2) is 5.80. The van der Waals surface area contributed by atoms with Gasteiger partial charge in [-0.15, -0.1) is 0 Å². The van der Waals surface area contributed by atoms with Crippen LogP contribution in [-0.4, -0.2) is 13.2 Å². The molecule has 1 aliphatic carbocycles. The molecule has 1 saturated carbocycles. The minimum absolute atomic E-state index is 0.648. The first-order chi connectivity index (χ1) is 8.29. The highest BCUT2D eigenvalue weighted by Gasteiger charge is 2.19. The Morgan fingerprint density at radius 2 is 2.24 bits per heavy atom. The zero-order chi connectivity index (χ0) is 12.1. The number of hydrogen-bond donors (Lipinski definition) is 2. The molecule has 0 heterocycles. The van der Waals surface area contributed by atoms with Gasteiger partial charge in [0.25, 0.3) is 0 Å². The highest BCUT2D eigenvalue weighted by Crippen LogP contribution is 2.33. The van der Waals surface area contributed by atoms with Gasteiger partial charge in [0, 0.05) is 18.3 Å². The molecule has 0 unspecified atom stereocenters. The summed E-state index contributed by atoms with van der Waals surface area (Å²) in [6.07, 6.45) is 5.49. The van der Waals surface area contributed by atoms with E-state index in [2.05, 4.69) is 5.32 Å². The van der Waals surface area contributed by atoms with Crippen LogP contribution in [0.5, 0.6) is 5.75 Å². The van der Waals surface area contributed by atoms with E-state index < -0.39 is 0 Å². The summed E-state index contributed by atoms with van der Waals surface area (Å²) in [5.41, 5.74) is 7.63. The van der Waals surface area contributed by atoms with E-state index in [4.69, 9.17) is 10.5 Å². The molecule has 17 heavy (non-hydrogen) atoms. The average molecular weight is 234 g/mol. The predicted octanol–water partition coefficient (Wildman–Crippen LogP) is 3.27. The summed E-state index contributed by atoms with van der Waals surface area (Å²) in [5.74, 6) is 1.79. The Labute approximate surface area is 103 Å². The van der Waals surface area contributed by atoms with Gasteiger partial charge in [-0.2, -0.15) is 0 Å². The highest BCUT2D eigenvalue weighted by molar-refractivity contribution is 5.61. The number of rotatable bonds is 7. The molecule has 1 aromatic carbocycles. The minimum Gasteiger partial charge on any atom is -0.492 e. The summed E-state index contributed by atoms with van der Waals surface area (Å²) >= 11 is 0. The molecular weight excluding hydrogens is 212 g/mol. The number of nitrogens with one attached hydrogen (secondary N) is 1. The lowest BCUT2D eigenvalue weighted by Crippen LogP contribution is -2.03. The molecule has 0 bridgehead atoms. The van der Waals surface area contributed by atoms with E-state index in [-0.39, 0.29) is 0 Å². The summed E-state index contributed by atoms with van der Waals surface area (Å²) in [7, 11) is 0. The predicted molar refractivity (Wildman–Crippen MR) is 72.5 cm³/mol. The first kappa shape index (κ1) is 12.1. The van der Waals surface area contributed by atoms with Crippen LogP contribution < -0.4 is 15.8 Å². The summed E-state index contributed by atoms with van der Waals surface area (Å²) in [5, 5.41) is 3.42. The van der Waals surface area contributed by atoms with Crippen molar-refractivity contribution < 1.29 is 4.74 Å². The van der Waals surface area contributed by atoms with Gasteiger partial charge in [-0.05, 0) is 37.8 Å². The Balaban J connectivity index is 1.79. The van der Waals surface area contributed by atoms with Crippen LogP contribution in [0.25, 0.3) is 0 Å². The van der Waals surface area contributed by atoms with Gasteiger partial charge in [-0.3, -0.25) is 0 Å². The van der Waals surface area contributed by atoms with Crippen molar-refractivity contribution in [2.24, 2.45) is 5.92 Å². The molecule has 0 saturated heterocycles. The van der Waals surface area contributed by atoms with E-state index in [0.717, 1.165) is 23.9 Å². The third-order valence-electron chi connectivity index (χ3n) is 3.13. The lowest BCUT2D eigenvalue weighted by molar-refractivity contribution is 0.342. The molecular formula is C14H22N2O.